The van der Waals surface area contributed by atoms with E-state index in [2.05, 4.69) is 6.58 Å². The maximum Gasteiger partial charge on any atom is 0.330 e. The van der Waals surface area contributed by atoms with Crippen LogP contribution in [0.1, 0.15) is 11.8 Å². The van der Waals surface area contributed by atoms with E-state index in [4.69, 9.17) is 9.84 Å². The van der Waals surface area contributed by atoms with Crippen LogP contribution >= 0.6 is 0 Å². The van der Waals surface area contributed by atoms with Crippen LogP contribution in [-0.4, -0.2) is 49.8 Å². The first-order valence-electron chi connectivity index (χ1n) is 5.60. The molecule has 104 valence electrons. The third-order valence-electron chi connectivity index (χ3n) is 3.01. The first kappa shape index (κ1) is 13.7. The second-order valence-corrected chi connectivity index (χ2v) is 4.18. The lowest BCUT2D eigenvalue weighted by Crippen LogP contribution is -2.38. The van der Waals surface area contributed by atoms with Crippen molar-refractivity contribution in [3.05, 3.63) is 39.2 Å². The Balaban J connectivity index is 2.46. The van der Waals surface area contributed by atoms with E-state index in [1.807, 2.05) is 4.98 Å². The van der Waals surface area contributed by atoms with Gasteiger partial charge in [0.05, 0.1) is 12.2 Å². The Kier molecular flexibility index (Phi) is 3.67. The summed E-state index contributed by atoms with van der Waals surface area (Å²) in [4.78, 5) is 25.1. The minimum absolute atomic E-state index is 0.123. The maximum absolute atomic E-state index is 11.7. The monoisotopic (exact) mass is 270 g/mol. The molecule has 1 aromatic heterocycles. The van der Waals surface area contributed by atoms with Crippen LogP contribution in [0.25, 0.3) is 6.08 Å². The molecule has 1 fully saturated rings. The molecule has 4 N–H and O–H groups in total. The molecule has 2 heterocycles. The van der Waals surface area contributed by atoms with Crippen molar-refractivity contribution in [2.45, 2.75) is 24.5 Å². The molecule has 0 bridgehead atoms. The number of nitrogens with one attached hydrogen (secondary N) is 1. The highest BCUT2D eigenvalue weighted by molar-refractivity contribution is 5.43. The van der Waals surface area contributed by atoms with Crippen molar-refractivity contribution in [3.63, 3.8) is 0 Å². The molecule has 0 amide bonds. The highest BCUT2D eigenvalue weighted by atomic mass is 16.6. The summed E-state index contributed by atoms with van der Waals surface area (Å²) in [5.41, 5.74) is -1.27. The molecule has 1 aliphatic rings. The normalized spacial score (nSPS) is 30.5. The summed E-state index contributed by atoms with van der Waals surface area (Å²) < 4.78 is 6.14. The third-order valence-corrected chi connectivity index (χ3v) is 3.01. The molecule has 1 aromatic rings. The van der Waals surface area contributed by atoms with E-state index in [0.717, 1.165) is 4.57 Å². The predicted molar refractivity (Wildman–Crippen MR) is 64.4 cm³/mol. The van der Waals surface area contributed by atoms with Gasteiger partial charge in [0.15, 0.2) is 6.23 Å². The van der Waals surface area contributed by atoms with Crippen molar-refractivity contribution in [1.29, 1.82) is 0 Å². The largest absolute Gasteiger partial charge is 0.394 e. The smallest absolute Gasteiger partial charge is 0.330 e. The quantitative estimate of drug-likeness (QED) is 0.493. The van der Waals surface area contributed by atoms with E-state index >= 15 is 0 Å². The second-order valence-electron chi connectivity index (χ2n) is 4.18. The number of aromatic nitrogens is 2. The van der Waals surface area contributed by atoms with Gasteiger partial charge in [-0.1, -0.05) is 12.7 Å². The molecule has 19 heavy (non-hydrogen) atoms. The molecule has 4 atom stereocenters. The van der Waals surface area contributed by atoms with Crippen LogP contribution in [0.5, 0.6) is 0 Å². The van der Waals surface area contributed by atoms with Gasteiger partial charge in [-0.25, -0.2) is 4.79 Å². The lowest BCUT2D eigenvalue weighted by atomic mass is 10.1. The SMILES string of the molecule is C=Cc1cn([C@@H]2O[C@H](CO)[C@@H](O)[C@@H]2O)c(=O)[nH]c1=O. The van der Waals surface area contributed by atoms with Gasteiger partial charge in [-0.3, -0.25) is 14.3 Å². The topological polar surface area (TPSA) is 125 Å². The summed E-state index contributed by atoms with van der Waals surface area (Å²) in [6.07, 6.45) is -2.47. The van der Waals surface area contributed by atoms with Crippen LogP contribution < -0.4 is 11.2 Å². The number of ether oxygens (including phenoxy) is 1. The minimum atomic E-state index is -1.39. The fourth-order valence-electron chi connectivity index (χ4n) is 1.95. The average molecular weight is 270 g/mol. The Morgan fingerprint density at radius 3 is 2.63 bits per heavy atom. The standard InChI is InChI=1S/C11H14N2O6/c1-2-5-3-13(11(18)12-9(5)17)10-8(16)7(15)6(4-14)19-10/h2-3,6-8,10,14-16H,1,4H2,(H,12,17,18)/t6-,7-,8+,10-/m1/s1. The third kappa shape index (κ3) is 2.26. The second kappa shape index (κ2) is 5.10. The van der Waals surface area contributed by atoms with E-state index in [1.165, 1.54) is 12.3 Å². The van der Waals surface area contributed by atoms with Crippen molar-refractivity contribution in [1.82, 2.24) is 9.55 Å². The van der Waals surface area contributed by atoms with E-state index in [1.54, 1.807) is 0 Å². The molecule has 0 unspecified atom stereocenters. The summed E-state index contributed by atoms with van der Waals surface area (Å²) in [7, 11) is 0. The van der Waals surface area contributed by atoms with Gasteiger partial charge in [-0.15, -0.1) is 0 Å². The number of hydrogen-bond acceptors (Lipinski definition) is 6. The zero-order chi connectivity index (χ0) is 14.2. The van der Waals surface area contributed by atoms with Crippen LogP contribution in [0.15, 0.2) is 22.4 Å². The Hall–Kier alpha value is -1.74. The number of nitrogens with zero attached hydrogens (tertiary/aromatic N) is 1. The van der Waals surface area contributed by atoms with Crippen molar-refractivity contribution in [2.24, 2.45) is 0 Å². The van der Waals surface area contributed by atoms with Crippen molar-refractivity contribution < 1.29 is 20.1 Å². The molecular weight excluding hydrogens is 256 g/mol. The molecule has 0 aromatic carbocycles. The van der Waals surface area contributed by atoms with E-state index in [9.17, 15) is 19.8 Å². The fourth-order valence-corrected chi connectivity index (χ4v) is 1.95. The highest BCUT2D eigenvalue weighted by Crippen LogP contribution is 2.27. The highest BCUT2D eigenvalue weighted by Gasteiger charge is 2.43. The Morgan fingerprint density at radius 1 is 1.42 bits per heavy atom. The Bertz CT molecular complexity index is 592. The first-order chi connectivity index (χ1) is 8.99. The lowest BCUT2D eigenvalue weighted by Gasteiger charge is -2.17. The molecule has 0 radical (unpaired) electrons. The number of aromatic amines is 1. The van der Waals surface area contributed by atoms with Crippen molar-refractivity contribution in [2.75, 3.05) is 6.61 Å². The number of aliphatic hydroxyl groups is 3. The zero-order valence-electron chi connectivity index (χ0n) is 9.89. The molecule has 0 aliphatic carbocycles. The van der Waals surface area contributed by atoms with Crippen LogP contribution in [-0.2, 0) is 4.74 Å². The van der Waals surface area contributed by atoms with E-state index in [0.29, 0.717) is 0 Å². The minimum Gasteiger partial charge on any atom is -0.394 e. The zero-order valence-corrected chi connectivity index (χ0v) is 9.89. The number of H-pyrrole nitrogens is 1. The number of hydrogen-bond donors (Lipinski definition) is 4. The van der Waals surface area contributed by atoms with Crippen molar-refractivity contribution >= 4 is 6.08 Å². The van der Waals surface area contributed by atoms with E-state index < -0.39 is 42.4 Å². The molecule has 1 aliphatic heterocycles. The van der Waals surface area contributed by atoms with Gasteiger partial charge in [0, 0.05) is 6.20 Å². The van der Waals surface area contributed by atoms with Gasteiger partial charge in [-0.2, -0.15) is 0 Å². The summed E-state index contributed by atoms with van der Waals surface area (Å²) in [5, 5.41) is 28.4. The molecule has 8 heteroatoms. The molecule has 0 saturated carbocycles. The molecular formula is C11H14N2O6. The molecule has 8 nitrogen and oxygen atoms in total. The Labute approximate surface area is 107 Å². The van der Waals surface area contributed by atoms with E-state index in [-0.39, 0.29) is 5.56 Å². The van der Waals surface area contributed by atoms with Gasteiger partial charge in [0.1, 0.15) is 18.3 Å². The average Bonchev–Trinajstić information content (AvgIpc) is 2.67. The van der Waals surface area contributed by atoms with Gasteiger partial charge in [0.25, 0.3) is 5.56 Å². The summed E-state index contributed by atoms with van der Waals surface area (Å²) in [6, 6.07) is 0. The fraction of sp³-hybridized carbons (Fsp3) is 0.455. The summed E-state index contributed by atoms with van der Waals surface area (Å²) >= 11 is 0. The van der Waals surface area contributed by atoms with Crippen LogP contribution in [0.2, 0.25) is 0 Å². The van der Waals surface area contributed by atoms with Gasteiger partial charge in [0.2, 0.25) is 0 Å². The molecule has 0 spiro atoms. The molecule has 2 rings (SSSR count). The molecule has 1 saturated heterocycles. The maximum atomic E-state index is 11.7. The van der Waals surface area contributed by atoms with Crippen LogP contribution in [0.3, 0.4) is 0 Å². The predicted octanol–water partition coefficient (Wildman–Crippen LogP) is -2.21. The first-order valence-corrected chi connectivity index (χ1v) is 5.60. The van der Waals surface area contributed by atoms with Crippen LogP contribution in [0.4, 0.5) is 0 Å². The van der Waals surface area contributed by atoms with Crippen LogP contribution in [0, 0.1) is 0 Å². The Morgan fingerprint density at radius 2 is 2.11 bits per heavy atom. The summed E-state index contributed by atoms with van der Waals surface area (Å²) in [5.74, 6) is 0. The number of aliphatic hydroxyl groups excluding tert-OH is 3. The van der Waals surface area contributed by atoms with Gasteiger partial charge < -0.3 is 20.1 Å². The van der Waals surface area contributed by atoms with Crippen molar-refractivity contribution in [3.8, 4) is 0 Å². The lowest BCUT2D eigenvalue weighted by molar-refractivity contribution is -0.0550. The summed E-state index contributed by atoms with van der Waals surface area (Å²) in [6.45, 7) is 2.93. The van der Waals surface area contributed by atoms with Gasteiger partial charge >= 0.3 is 5.69 Å². The van der Waals surface area contributed by atoms with Gasteiger partial charge in [-0.05, 0) is 0 Å². The number of rotatable bonds is 3.